The monoisotopic (exact) mass is 648 g/mol. The first-order chi connectivity index (χ1) is 21.2. The number of hydrogen-bond donors (Lipinski definition) is 0. The molecule has 1 saturated carbocycles. The number of hydrogen-bond acceptors (Lipinski definition) is 3. The zero-order chi connectivity index (χ0) is 32.9. The maximum Gasteiger partial charge on any atom is 0.432 e. The summed E-state index contributed by atoms with van der Waals surface area (Å²) in [6, 6.07) is 4.64. The lowest BCUT2D eigenvalue weighted by Gasteiger charge is -2.28. The Labute approximate surface area is 251 Å². The zero-order valence-electron chi connectivity index (χ0n) is 23.5. The molecule has 0 bridgehead atoms. The third-order valence-corrected chi connectivity index (χ3v) is 7.16. The quantitative estimate of drug-likeness (QED) is 0.118. The van der Waals surface area contributed by atoms with Crippen LogP contribution in [0.1, 0.15) is 61.6 Å². The highest BCUT2D eigenvalue weighted by Gasteiger charge is 2.42. The summed E-state index contributed by atoms with van der Waals surface area (Å²) in [5, 5.41) is 0. The maximum absolute atomic E-state index is 14.9. The van der Waals surface area contributed by atoms with Gasteiger partial charge < -0.3 is 14.2 Å². The molecule has 0 radical (unpaired) electrons. The molecule has 0 aliphatic heterocycles. The molecule has 3 aromatic rings. The third-order valence-electron chi connectivity index (χ3n) is 7.16. The fraction of sp³-hybridized carbons (Fsp3) is 0.312. The van der Waals surface area contributed by atoms with Gasteiger partial charge in [0.25, 0.3) is 0 Å². The van der Waals surface area contributed by atoms with Crippen LogP contribution in [0.25, 0.3) is 0 Å². The molecule has 3 nitrogen and oxygen atoms in total. The number of alkyl halides is 4. The second-order valence-corrected chi connectivity index (χ2v) is 10.3. The Balaban J connectivity index is 1.45. The van der Waals surface area contributed by atoms with Crippen molar-refractivity contribution in [3.63, 3.8) is 0 Å². The highest BCUT2D eigenvalue weighted by molar-refractivity contribution is 5.37. The van der Waals surface area contributed by atoms with Crippen LogP contribution in [0.4, 0.5) is 43.9 Å². The fourth-order valence-corrected chi connectivity index (χ4v) is 5.01. The van der Waals surface area contributed by atoms with Crippen molar-refractivity contribution in [2.45, 2.75) is 57.2 Å². The molecular weight excluding hydrogens is 622 g/mol. The van der Waals surface area contributed by atoms with Gasteiger partial charge in [0.05, 0.1) is 5.56 Å². The third kappa shape index (κ3) is 8.31. The summed E-state index contributed by atoms with van der Waals surface area (Å²) in [5.74, 6) is -9.28. The van der Waals surface area contributed by atoms with Crippen LogP contribution in [0.15, 0.2) is 73.0 Å². The Hall–Kier alpha value is -4.16. The van der Waals surface area contributed by atoms with Gasteiger partial charge in [0.1, 0.15) is 28.7 Å². The summed E-state index contributed by atoms with van der Waals surface area (Å²) in [6.45, 7) is 2.01. The van der Waals surface area contributed by atoms with Crippen molar-refractivity contribution in [1.82, 2.24) is 0 Å². The van der Waals surface area contributed by atoms with E-state index in [-0.39, 0.29) is 29.9 Å². The van der Waals surface area contributed by atoms with Crippen LogP contribution in [-0.2, 0) is 12.2 Å². The Morgan fingerprint density at radius 3 is 1.84 bits per heavy atom. The smallest absolute Gasteiger partial charge is 0.432 e. The molecule has 1 fully saturated rings. The van der Waals surface area contributed by atoms with E-state index in [4.69, 9.17) is 0 Å². The van der Waals surface area contributed by atoms with E-state index in [9.17, 15) is 43.9 Å². The highest BCUT2D eigenvalue weighted by Crippen LogP contribution is 2.41. The topological polar surface area (TPSA) is 27.7 Å². The lowest BCUT2D eigenvalue weighted by Crippen LogP contribution is -2.26. The van der Waals surface area contributed by atoms with Crippen molar-refractivity contribution in [2.24, 2.45) is 5.92 Å². The Morgan fingerprint density at radius 1 is 0.756 bits per heavy atom. The van der Waals surface area contributed by atoms with Gasteiger partial charge in [-0.3, -0.25) is 0 Å². The molecule has 3 aromatic carbocycles. The molecule has 0 heterocycles. The van der Waals surface area contributed by atoms with E-state index in [1.807, 2.05) is 6.92 Å². The SMILES string of the molecule is CC/C=C/C1CCC(c2cc(F)c(C(F)(F)Oc3ccc(C(F)(F)Oc4cc(F)c(OC=C(F)F)c(F)c4)cc3)c(F)c2)CC1. The van der Waals surface area contributed by atoms with Crippen LogP contribution in [0, 0.1) is 29.2 Å². The summed E-state index contributed by atoms with van der Waals surface area (Å²) in [4.78, 5) is 0. The minimum atomic E-state index is -4.53. The largest absolute Gasteiger partial charge is 0.453 e. The molecule has 0 spiro atoms. The van der Waals surface area contributed by atoms with E-state index in [1.54, 1.807) is 0 Å². The van der Waals surface area contributed by atoms with Crippen molar-refractivity contribution in [2.75, 3.05) is 0 Å². The van der Waals surface area contributed by atoms with E-state index in [1.165, 1.54) is 0 Å². The normalized spacial score (nSPS) is 17.3. The average Bonchev–Trinajstić information content (AvgIpc) is 2.95. The lowest BCUT2D eigenvalue weighted by molar-refractivity contribution is -0.190. The van der Waals surface area contributed by atoms with Crippen molar-refractivity contribution in [1.29, 1.82) is 0 Å². The van der Waals surface area contributed by atoms with Crippen LogP contribution < -0.4 is 14.2 Å². The van der Waals surface area contributed by atoms with Crippen molar-refractivity contribution in [3.8, 4) is 17.2 Å². The number of benzene rings is 3. The Kier molecular flexibility index (Phi) is 10.4. The van der Waals surface area contributed by atoms with E-state index >= 15 is 0 Å². The minimum absolute atomic E-state index is 0.206. The molecule has 0 aromatic heterocycles. The lowest BCUT2D eigenvalue weighted by atomic mass is 9.78. The van der Waals surface area contributed by atoms with Crippen LogP contribution in [0.5, 0.6) is 17.2 Å². The predicted octanol–water partition coefficient (Wildman–Crippen LogP) is 10.9. The molecule has 4 rings (SSSR count). The molecular formula is C32H26F10O3. The van der Waals surface area contributed by atoms with Gasteiger partial charge in [-0.25, -0.2) is 17.6 Å². The molecule has 1 aliphatic rings. The second-order valence-electron chi connectivity index (χ2n) is 10.3. The van der Waals surface area contributed by atoms with Crippen LogP contribution >= 0.6 is 0 Å². The molecule has 0 saturated heterocycles. The van der Waals surface area contributed by atoms with Gasteiger partial charge in [0.2, 0.25) is 0 Å². The molecule has 0 amide bonds. The predicted molar refractivity (Wildman–Crippen MR) is 143 cm³/mol. The fourth-order valence-electron chi connectivity index (χ4n) is 5.01. The summed E-state index contributed by atoms with van der Waals surface area (Å²) < 4.78 is 154. The molecule has 1 aliphatic carbocycles. The second kappa shape index (κ2) is 13.9. The summed E-state index contributed by atoms with van der Waals surface area (Å²) >= 11 is 0. The summed E-state index contributed by atoms with van der Waals surface area (Å²) in [5.41, 5.74) is -2.38. The molecule has 242 valence electrons. The van der Waals surface area contributed by atoms with Gasteiger partial charge in [-0.15, -0.1) is 0 Å². The van der Waals surface area contributed by atoms with E-state index in [2.05, 4.69) is 26.4 Å². The molecule has 45 heavy (non-hydrogen) atoms. The van der Waals surface area contributed by atoms with E-state index < -0.39 is 69.9 Å². The number of allylic oxidation sites excluding steroid dienone is 2. The summed E-state index contributed by atoms with van der Waals surface area (Å²) in [7, 11) is 0. The molecule has 0 atom stereocenters. The van der Waals surface area contributed by atoms with Gasteiger partial charge in [-0.05, 0) is 85.9 Å². The van der Waals surface area contributed by atoms with Crippen molar-refractivity contribution < 1.29 is 58.1 Å². The van der Waals surface area contributed by atoms with Gasteiger partial charge in [-0.1, -0.05) is 19.1 Å². The first kappa shape index (κ1) is 33.7. The zero-order valence-corrected chi connectivity index (χ0v) is 23.5. The van der Waals surface area contributed by atoms with E-state index in [0.717, 1.165) is 31.4 Å². The van der Waals surface area contributed by atoms with Crippen molar-refractivity contribution in [3.05, 3.63) is 113 Å². The summed E-state index contributed by atoms with van der Waals surface area (Å²) in [6.07, 6.45) is -3.59. The first-order valence-electron chi connectivity index (χ1n) is 13.8. The average molecular weight is 649 g/mol. The molecule has 0 unspecified atom stereocenters. The minimum Gasteiger partial charge on any atom is -0.453 e. The number of ether oxygens (including phenoxy) is 3. The van der Waals surface area contributed by atoms with Crippen LogP contribution in [0.3, 0.4) is 0 Å². The standard InChI is InChI=1S/C32H26F10O3/c1-2-3-4-18-5-7-19(8-6-18)20-13-24(33)29(25(34)14-20)32(41,42)44-22-11-9-21(10-12-22)31(39,40)45-23-15-26(35)30(27(36)16-23)43-17-28(37)38/h3-4,9-19H,2,5-8H2,1H3/b4-3+. The van der Waals surface area contributed by atoms with Gasteiger partial charge in [0, 0.05) is 12.1 Å². The van der Waals surface area contributed by atoms with E-state index in [0.29, 0.717) is 43.0 Å². The van der Waals surface area contributed by atoms with Gasteiger partial charge in [0.15, 0.2) is 23.6 Å². The van der Waals surface area contributed by atoms with Gasteiger partial charge >= 0.3 is 18.3 Å². The Morgan fingerprint density at radius 2 is 1.31 bits per heavy atom. The molecule has 13 heteroatoms. The Bertz CT molecular complexity index is 1500. The maximum atomic E-state index is 14.9. The first-order valence-corrected chi connectivity index (χ1v) is 13.8. The van der Waals surface area contributed by atoms with Crippen LogP contribution in [-0.4, -0.2) is 0 Å². The molecule has 0 N–H and O–H groups in total. The number of rotatable bonds is 11. The number of halogens is 10. The van der Waals surface area contributed by atoms with Gasteiger partial charge in [-0.2, -0.15) is 26.3 Å². The highest BCUT2D eigenvalue weighted by atomic mass is 19.3. The van der Waals surface area contributed by atoms with Crippen LogP contribution in [0.2, 0.25) is 0 Å². The van der Waals surface area contributed by atoms with Crippen molar-refractivity contribution >= 4 is 0 Å².